The number of hydrogen-bond acceptors (Lipinski definition) is 7. The molecule has 0 bridgehead atoms. The summed E-state index contributed by atoms with van der Waals surface area (Å²) in [6.07, 6.45) is 1.48. The van der Waals surface area contributed by atoms with Crippen molar-refractivity contribution >= 4 is 23.2 Å². The minimum absolute atomic E-state index is 0.0144. The molecule has 2 N–H and O–H groups in total. The van der Waals surface area contributed by atoms with Gasteiger partial charge in [-0.25, -0.2) is 14.2 Å². The van der Waals surface area contributed by atoms with E-state index >= 15 is 4.39 Å². The highest BCUT2D eigenvalue weighted by atomic mass is 35.5. The van der Waals surface area contributed by atoms with Crippen LogP contribution in [0.5, 0.6) is 5.88 Å². The quantitative estimate of drug-likeness (QED) is 0.212. The van der Waals surface area contributed by atoms with Crippen LogP contribution in [0.4, 0.5) is 10.1 Å². The molecule has 1 amide bonds. The van der Waals surface area contributed by atoms with Gasteiger partial charge in [0.25, 0.3) is 5.91 Å². The van der Waals surface area contributed by atoms with Gasteiger partial charge in [0.15, 0.2) is 5.82 Å². The normalized spacial score (nSPS) is 11.8. The number of methoxy groups -OCH3 is 1. The van der Waals surface area contributed by atoms with Gasteiger partial charge in [0.2, 0.25) is 5.88 Å². The first-order valence-electron chi connectivity index (χ1n) is 13.5. The van der Waals surface area contributed by atoms with Crippen LogP contribution in [0, 0.1) is 12.7 Å². The van der Waals surface area contributed by atoms with Crippen molar-refractivity contribution in [3.05, 3.63) is 110 Å². The van der Waals surface area contributed by atoms with Crippen LogP contribution in [-0.4, -0.2) is 44.1 Å². The van der Waals surface area contributed by atoms with E-state index in [1.807, 2.05) is 30.3 Å². The second kappa shape index (κ2) is 13.8. The van der Waals surface area contributed by atoms with Crippen molar-refractivity contribution in [2.75, 3.05) is 19.0 Å². The van der Waals surface area contributed by atoms with Gasteiger partial charge in [-0.05, 0) is 49.6 Å². The van der Waals surface area contributed by atoms with Crippen LogP contribution in [0.25, 0.3) is 5.69 Å². The molecular formula is C31H33ClFN5O5. The van der Waals surface area contributed by atoms with Gasteiger partial charge in [-0.15, -0.1) is 5.10 Å². The smallest absolute Gasteiger partial charge is 0.350 e. The van der Waals surface area contributed by atoms with E-state index in [4.69, 9.17) is 21.1 Å². The number of pyridine rings is 1. The Morgan fingerprint density at radius 1 is 1.23 bits per heavy atom. The lowest BCUT2D eigenvalue weighted by molar-refractivity contribution is 0.0989. The van der Waals surface area contributed by atoms with Gasteiger partial charge < -0.3 is 19.9 Å². The van der Waals surface area contributed by atoms with Crippen molar-refractivity contribution < 1.29 is 23.8 Å². The lowest BCUT2D eigenvalue weighted by Gasteiger charge is -2.21. The number of hydrogen-bond donors (Lipinski definition) is 2. The molecule has 2 aromatic heterocycles. The highest BCUT2D eigenvalue weighted by Crippen LogP contribution is 2.34. The van der Waals surface area contributed by atoms with Crippen LogP contribution in [-0.2, 0) is 24.5 Å². The molecule has 10 nitrogen and oxygen atoms in total. The predicted octanol–water partition coefficient (Wildman–Crippen LogP) is 5.18. The fourth-order valence-electron chi connectivity index (χ4n) is 4.63. The summed E-state index contributed by atoms with van der Waals surface area (Å²) in [5.41, 5.74) is 1.67. The molecule has 4 aromatic rings. The van der Waals surface area contributed by atoms with Crippen LogP contribution < -0.4 is 15.7 Å². The Bertz CT molecular complexity index is 1700. The first-order chi connectivity index (χ1) is 20.6. The molecule has 0 aliphatic heterocycles. The zero-order valence-electron chi connectivity index (χ0n) is 24.4. The van der Waals surface area contributed by atoms with Crippen molar-refractivity contribution in [3.63, 3.8) is 0 Å². The standard InChI is InChI=1S/C31H33ClFN5O5/c1-6-37-26(17-43-16-20-10-8-7-9-11-20)36-38(31(37)41)25-13-21(23(15-39)18(2)3)22(12-24(25)33)29(40)35-28-19(4)14-34-30(42-5)27(28)32/h7-14,23,39H,2,6,15-17H2,1,3-5H3,(H,34,35,40). The zero-order valence-corrected chi connectivity index (χ0v) is 25.1. The third-order valence-corrected chi connectivity index (χ3v) is 7.30. The summed E-state index contributed by atoms with van der Waals surface area (Å²) in [6, 6.07) is 11.9. The van der Waals surface area contributed by atoms with Crippen molar-refractivity contribution in [3.8, 4) is 11.6 Å². The van der Waals surface area contributed by atoms with Crippen LogP contribution in [0.2, 0.25) is 5.02 Å². The van der Waals surface area contributed by atoms with Gasteiger partial charge >= 0.3 is 5.69 Å². The van der Waals surface area contributed by atoms with E-state index in [9.17, 15) is 14.7 Å². The van der Waals surface area contributed by atoms with Gasteiger partial charge in [0, 0.05) is 24.2 Å². The molecule has 2 heterocycles. The molecule has 0 aliphatic rings. The van der Waals surface area contributed by atoms with Crippen LogP contribution >= 0.6 is 11.6 Å². The molecule has 1 atom stereocenters. The maximum absolute atomic E-state index is 15.8. The largest absolute Gasteiger partial charge is 0.480 e. The van der Waals surface area contributed by atoms with Gasteiger partial charge in [-0.2, -0.15) is 4.68 Å². The maximum atomic E-state index is 15.8. The summed E-state index contributed by atoms with van der Waals surface area (Å²) in [5.74, 6) is -1.90. The average Bonchev–Trinajstić information content (AvgIpc) is 3.30. The van der Waals surface area contributed by atoms with E-state index in [0.717, 1.165) is 16.3 Å². The molecule has 0 fully saturated rings. The monoisotopic (exact) mass is 609 g/mol. The van der Waals surface area contributed by atoms with Crippen LogP contribution in [0.3, 0.4) is 0 Å². The molecule has 0 spiro atoms. The Morgan fingerprint density at radius 3 is 2.58 bits per heavy atom. The molecule has 4 rings (SSSR count). The molecule has 0 aliphatic carbocycles. The van der Waals surface area contributed by atoms with Gasteiger partial charge in [-0.1, -0.05) is 54.1 Å². The van der Waals surface area contributed by atoms with Crippen molar-refractivity contribution in [1.29, 1.82) is 0 Å². The highest BCUT2D eigenvalue weighted by molar-refractivity contribution is 6.35. The summed E-state index contributed by atoms with van der Waals surface area (Å²) >= 11 is 6.39. The number of rotatable bonds is 12. The summed E-state index contributed by atoms with van der Waals surface area (Å²) in [4.78, 5) is 31.0. The molecule has 43 heavy (non-hydrogen) atoms. The lowest BCUT2D eigenvalue weighted by Crippen LogP contribution is -2.26. The second-order valence-corrected chi connectivity index (χ2v) is 10.3. The third kappa shape index (κ3) is 6.69. The highest BCUT2D eigenvalue weighted by Gasteiger charge is 2.26. The Morgan fingerprint density at radius 2 is 1.95 bits per heavy atom. The number of aliphatic hydroxyl groups is 1. The number of aliphatic hydroxyl groups excluding tert-OH is 1. The Balaban J connectivity index is 1.76. The maximum Gasteiger partial charge on any atom is 0.350 e. The number of nitrogens with zero attached hydrogens (tertiary/aromatic N) is 4. The van der Waals surface area contributed by atoms with Crippen molar-refractivity contribution in [2.24, 2.45) is 0 Å². The lowest BCUT2D eigenvalue weighted by atomic mass is 9.89. The van der Waals surface area contributed by atoms with Crippen LogP contribution in [0.1, 0.15) is 52.6 Å². The van der Waals surface area contributed by atoms with Gasteiger partial charge in [0.1, 0.15) is 23.1 Å². The molecule has 0 saturated heterocycles. The number of aromatic nitrogens is 4. The Kier molecular flexibility index (Phi) is 10.1. The fraction of sp³-hybridized carbons (Fsp3) is 0.290. The molecule has 226 valence electrons. The number of halogens is 2. The Labute approximate surface area is 253 Å². The number of anilines is 1. The fourth-order valence-corrected chi connectivity index (χ4v) is 4.95. The topological polar surface area (TPSA) is 120 Å². The van der Waals surface area contributed by atoms with Crippen molar-refractivity contribution in [1.82, 2.24) is 19.3 Å². The van der Waals surface area contributed by atoms with Gasteiger partial charge in [-0.3, -0.25) is 9.36 Å². The number of aryl methyl sites for hydroxylation is 1. The van der Waals surface area contributed by atoms with E-state index in [1.165, 1.54) is 23.9 Å². The van der Waals surface area contributed by atoms with E-state index < -0.39 is 29.9 Å². The minimum Gasteiger partial charge on any atom is -0.480 e. The summed E-state index contributed by atoms with van der Waals surface area (Å²) < 4.78 is 29.1. The summed E-state index contributed by atoms with van der Waals surface area (Å²) in [6.45, 7) is 9.26. The number of carbonyl (C=O) groups excluding carboxylic acids is 1. The Hall–Kier alpha value is -4.32. The second-order valence-electron chi connectivity index (χ2n) is 9.90. The number of ether oxygens (including phenoxy) is 2. The molecule has 0 saturated carbocycles. The average molecular weight is 610 g/mol. The molecule has 2 aromatic carbocycles. The number of benzene rings is 2. The van der Waals surface area contributed by atoms with E-state index in [0.29, 0.717) is 23.6 Å². The molecular weight excluding hydrogens is 577 g/mol. The summed E-state index contributed by atoms with van der Waals surface area (Å²) in [5, 5.41) is 17.4. The first kappa shape index (κ1) is 31.6. The number of carbonyl (C=O) groups is 1. The van der Waals surface area contributed by atoms with E-state index in [1.54, 1.807) is 20.8 Å². The number of amides is 1. The zero-order chi connectivity index (χ0) is 31.3. The van der Waals surface area contributed by atoms with Crippen molar-refractivity contribution in [2.45, 2.75) is 46.4 Å². The van der Waals surface area contributed by atoms with Gasteiger partial charge in [0.05, 0.1) is 26.0 Å². The molecule has 0 radical (unpaired) electrons. The number of nitrogens with one attached hydrogen (secondary N) is 1. The van der Waals surface area contributed by atoms with E-state index in [-0.39, 0.29) is 46.6 Å². The predicted molar refractivity (Wildman–Crippen MR) is 162 cm³/mol. The summed E-state index contributed by atoms with van der Waals surface area (Å²) in [7, 11) is 1.39. The van der Waals surface area contributed by atoms with E-state index in [2.05, 4.69) is 22.0 Å². The third-order valence-electron chi connectivity index (χ3n) is 6.95. The SMILES string of the molecule is C=C(C)C(CO)c1cc(-n2nc(COCc3ccccc3)n(CC)c2=O)c(F)cc1C(=O)Nc1c(C)cnc(OC)c1Cl. The first-order valence-corrected chi connectivity index (χ1v) is 13.9. The molecule has 12 heteroatoms. The van der Waals surface area contributed by atoms with Crippen LogP contribution in [0.15, 0.2) is 65.6 Å². The minimum atomic E-state index is -0.873. The molecule has 1 unspecified atom stereocenters.